The van der Waals surface area contributed by atoms with E-state index in [0.29, 0.717) is 13.1 Å². The Balaban J connectivity index is 1.86. The molecular formula is C17H25N3O2. The lowest BCUT2D eigenvalue weighted by Gasteiger charge is -2.34. The zero-order valence-corrected chi connectivity index (χ0v) is 13.3. The van der Waals surface area contributed by atoms with Gasteiger partial charge in [-0.3, -0.25) is 14.5 Å². The zero-order valence-electron chi connectivity index (χ0n) is 13.3. The molecule has 2 rings (SSSR count). The summed E-state index contributed by atoms with van der Waals surface area (Å²) >= 11 is 0. The van der Waals surface area contributed by atoms with E-state index in [1.807, 2.05) is 43.0 Å². The number of benzene rings is 1. The summed E-state index contributed by atoms with van der Waals surface area (Å²) in [6, 6.07) is 7.86. The Kier molecular flexibility index (Phi) is 5.55. The van der Waals surface area contributed by atoms with Gasteiger partial charge in [0.1, 0.15) is 0 Å². The number of primary amides is 1. The van der Waals surface area contributed by atoms with E-state index >= 15 is 0 Å². The van der Waals surface area contributed by atoms with Gasteiger partial charge in [-0.1, -0.05) is 29.8 Å². The minimum Gasteiger partial charge on any atom is -0.369 e. The van der Waals surface area contributed by atoms with E-state index in [4.69, 9.17) is 5.73 Å². The van der Waals surface area contributed by atoms with E-state index in [0.717, 1.165) is 24.9 Å². The number of carbonyl (C=O) groups excluding carboxylic acids is 2. The second-order valence-electron chi connectivity index (χ2n) is 6.12. The van der Waals surface area contributed by atoms with E-state index in [1.54, 1.807) is 0 Å². The topological polar surface area (TPSA) is 75.4 Å². The summed E-state index contributed by atoms with van der Waals surface area (Å²) < 4.78 is 0. The van der Waals surface area contributed by atoms with Gasteiger partial charge in [-0.2, -0.15) is 0 Å². The van der Waals surface area contributed by atoms with E-state index < -0.39 is 0 Å². The fourth-order valence-electron chi connectivity index (χ4n) is 2.80. The quantitative estimate of drug-likeness (QED) is 0.858. The molecule has 1 aliphatic heterocycles. The summed E-state index contributed by atoms with van der Waals surface area (Å²) in [5, 5.41) is 2.96. The maximum absolute atomic E-state index is 12.3. The number of nitrogens with one attached hydrogen (secondary N) is 1. The van der Waals surface area contributed by atoms with Gasteiger partial charge >= 0.3 is 0 Å². The fraction of sp³-hybridized carbons (Fsp3) is 0.529. The largest absolute Gasteiger partial charge is 0.369 e. The third-order valence-corrected chi connectivity index (χ3v) is 4.37. The number of rotatable bonds is 5. The summed E-state index contributed by atoms with van der Waals surface area (Å²) in [6.07, 6.45) is 1.73. The van der Waals surface area contributed by atoms with Crippen LogP contribution in [-0.4, -0.2) is 35.8 Å². The highest BCUT2D eigenvalue weighted by Crippen LogP contribution is 2.18. The molecule has 2 atom stereocenters. The Morgan fingerprint density at radius 2 is 2.05 bits per heavy atom. The van der Waals surface area contributed by atoms with Gasteiger partial charge in [0.25, 0.3) is 0 Å². The van der Waals surface area contributed by atoms with E-state index in [1.165, 1.54) is 5.56 Å². The summed E-state index contributed by atoms with van der Waals surface area (Å²) in [4.78, 5) is 25.7. The Morgan fingerprint density at radius 3 is 2.68 bits per heavy atom. The predicted molar refractivity (Wildman–Crippen MR) is 86.0 cm³/mol. The number of amides is 2. The normalized spacial score (nSPS) is 20.4. The lowest BCUT2D eigenvalue weighted by molar-refractivity contribution is -0.129. The van der Waals surface area contributed by atoms with Gasteiger partial charge in [0.05, 0.1) is 12.0 Å². The van der Waals surface area contributed by atoms with Crippen LogP contribution in [0.4, 0.5) is 0 Å². The zero-order chi connectivity index (χ0) is 16.1. The van der Waals surface area contributed by atoms with Crippen molar-refractivity contribution in [2.75, 3.05) is 13.1 Å². The van der Waals surface area contributed by atoms with Crippen molar-refractivity contribution in [2.45, 2.75) is 39.3 Å². The molecule has 1 saturated heterocycles. The first-order chi connectivity index (χ1) is 10.5. The highest BCUT2D eigenvalue weighted by Gasteiger charge is 2.29. The van der Waals surface area contributed by atoms with E-state index in [-0.39, 0.29) is 23.8 Å². The van der Waals surface area contributed by atoms with Crippen LogP contribution in [0.5, 0.6) is 0 Å². The summed E-state index contributed by atoms with van der Waals surface area (Å²) in [5.74, 6) is -0.413. The molecule has 22 heavy (non-hydrogen) atoms. The van der Waals surface area contributed by atoms with Crippen molar-refractivity contribution in [2.24, 2.45) is 11.7 Å². The predicted octanol–water partition coefficient (Wildman–Crippen LogP) is 1.20. The maximum Gasteiger partial charge on any atom is 0.237 e. The van der Waals surface area contributed by atoms with Crippen molar-refractivity contribution in [1.82, 2.24) is 10.2 Å². The monoisotopic (exact) mass is 303 g/mol. The number of likely N-dealkylation sites (tertiary alicyclic amines) is 1. The molecule has 0 aromatic heterocycles. The first-order valence-electron chi connectivity index (χ1n) is 7.84. The standard InChI is InChI=1S/C17H25N3O2/c1-12-5-7-14(8-6-12)10-19-17(22)13(2)20-9-3-4-15(11-20)16(18)21/h5-8,13,15H,3-4,9-11H2,1-2H3,(H2,18,21)(H,19,22)/t13-,15+/m1/s1. The minimum atomic E-state index is -0.267. The van der Waals surface area contributed by atoms with Crippen LogP contribution in [0.2, 0.25) is 0 Å². The van der Waals surface area contributed by atoms with Gasteiger partial charge in [0.2, 0.25) is 11.8 Å². The van der Waals surface area contributed by atoms with Crippen molar-refractivity contribution >= 4 is 11.8 Å². The molecule has 1 aliphatic rings. The van der Waals surface area contributed by atoms with Gasteiger partial charge < -0.3 is 11.1 Å². The van der Waals surface area contributed by atoms with Crippen LogP contribution < -0.4 is 11.1 Å². The van der Waals surface area contributed by atoms with Crippen molar-refractivity contribution in [3.8, 4) is 0 Å². The number of hydrogen-bond donors (Lipinski definition) is 2. The van der Waals surface area contributed by atoms with Gasteiger partial charge in [-0.25, -0.2) is 0 Å². The van der Waals surface area contributed by atoms with Gasteiger partial charge in [0, 0.05) is 13.1 Å². The molecule has 5 nitrogen and oxygen atoms in total. The second-order valence-corrected chi connectivity index (χ2v) is 6.12. The number of aryl methyl sites for hydroxylation is 1. The minimum absolute atomic E-state index is 0.00862. The van der Waals surface area contributed by atoms with Crippen LogP contribution >= 0.6 is 0 Å². The van der Waals surface area contributed by atoms with Crippen molar-refractivity contribution in [3.63, 3.8) is 0 Å². The molecule has 0 radical (unpaired) electrons. The van der Waals surface area contributed by atoms with Crippen molar-refractivity contribution in [3.05, 3.63) is 35.4 Å². The highest BCUT2D eigenvalue weighted by molar-refractivity contribution is 5.81. The smallest absolute Gasteiger partial charge is 0.237 e. The molecule has 0 unspecified atom stereocenters. The Bertz CT molecular complexity index is 527. The van der Waals surface area contributed by atoms with E-state index in [9.17, 15) is 9.59 Å². The van der Waals surface area contributed by atoms with Gasteiger partial charge in [-0.15, -0.1) is 0 Å². The molecule has 0 aliphatic carbocycles. The Morgan fingerprint density at radius 1 is 1.36 bits per heavy atom. The molecule has 1 aromatic carbocycles. The lowest BCUT2D eigenvalue weighted by atomic mass is 9.96. The average molecular weight is 303 g/mol. The highest BCUT2D eigenvalue weighted by atomic mass is 16.2. The third-order valence-electron chi connectivity index (χ3n) is 4.37. The van der Waals surface area contributed by atoms with Crippen LogP contribution in [0.15, 0.2) is 24.3 Å². The molecule has 0 saturated carbocycles. The Labute approximate surface area is 131 Å². The van der Waals surface area contributed by atoms with Crippen LogP contribution in [0.25, 0.3) is 0 Å². The molecule has 5 heteroatoms. The summed E-state index contributed by atoms with van der Waals surface area (Å²) in [6.45, 7) is 5.86. The number of nitrogens with two attached hydrogens (primary N) is 1. The number of nitrogens with zero attached hydrogens (tertiary/aromatic N) is 1. The fourth-order valence-corrected chi connectivity index (χ4v) is 2.80. The maximum atomic E-state index is 12.3. The molecule has 1 heterocycles. The summed E-state index contributed by atoms with van der Waals surface area (Å²) in [7, 11) is 0. The van der Waals surface area contributed by atoms with Crippen LogP contribution in [0, 0.1) is 12.8 Å². The van der Waals surface area contributed by atoms with Crippen LogP contribution in [0.3, 0.4) is 0 Å². The van der Waals surface area contributed by atoms with E-state index in [2.05, 4.69) is 5.32 Å². The molecule has 3 N–H and O–H groups in total. The van der Waals surface area contributed by atoms with Gasteiger partial charge in [0.15, 0.2) is 0 Å². The van der Waals surface area contributed by atoms with Crippen molar-refractivity contribution < 1.29 is 9.59 Å². The first-order valence-corrected chi connectivity index (χ1v) is 7.84. The lowest BCUT2D eigenvalue weighted by Crippen LogP contribution is -2.50. The molecule has 0 bridgehead atoms. The van der Waals surface area contributed by atoms with Crippen LogP contribution in [-0.2, 0) is 16.1 Å². The molecule has 0 spiro atoms. The third kappa shape index (κ3) is 4.31. The van der Waals surface area contributed by atoms with Crippen molar-refractivity contribution in [1.29, 1.82) is 0 Å². The number of hydrogen-bond acceptors (Lipinski definition) is 3. The average Bonchev–Trinajstić information content (AvgIpc) is 2.53. The molecule has 2 amide bonds. The SMILES string of the molecule is Cc1ccc(CNC(=O)[C@@H](C)N2CCC[C@H](C(N)=O)C2)cc1. The molecular weight excluding hydrogens is 278 g/mol. The molecule has 1 fully saturated rings. The number of carbonyl (C=O) groups is 2. The van der Waals surface area contributed by atoms with Gasteiger partial charge in [-0.05, 0) is 38.8 Å². The molecule has 120 valence electrons. The molecule has 1 aromatic rings. The summed E-state index contributed by atoms with van der Waals surface area (Å²) in [5.41, 5.74) is 7.67. The second kappa shape index (κ2) is 7.40. The number of piperidine rings is 1. The van der Waals surface area contributed by atoms with Crippen LogP contribution in [0.1, 0.15) is 30.9 Å². The first kappa shape index (κ1) is 16.5. The Hall–Kier alpha value is -1.88.